The van der Waals surface area contributed by atoms with Crippen molar-refractivity contribution in [2.24, 2.45) is 0 Å². The molecule has 0 saturated heterocycles. The molecule has 0 radical (unpaired) electrons. The van der Waals surface area contributed by atoms with E-state index in [1.807, 2.05) is 12.1 Å². The van der Waals surface area contributed by atoms with Gasteiger partial charge in [0.25, 0.3) is 0 Å². The summed E-state index contributed by atoms with van der Waals surface area (Å²) in [4.78, 5) is 2.56. The number of nitrogens with zero attached hydrogens (tertiary/aromatic N) is 1. The number of halogens is 1. The molecule has 0 fully saturated rings. The van der Waals surface area contributed by atoms with Gasteiger partial charge in [0.15, 0.2) is 0 Å². The molecule has 0 spiro atoms. The van der Waals surface area contributed by atoms with Gasteiger partial charge in [-0.3, -0.25) is 0 Å². The molecule has 0 aromatic heterocycles. The van der Waals surface area contributed by atoms with E-state index in [1.165, 1.54) is 12.0 Å². The largest absolute Gasteiger partial charge is 0.310 e. The third-order valence-corrected chi connectivity index (χ3v) is 4.30. The van der Waals surface area contributed by atoms with E-state index in [-0.39, 0.29) is 0 Å². The van der Waals surface area contributed by atoms with E-state index in [1.54, 1.807) is 0 Å². The first-order valence-corrected chi connectivity index (χ1v) is 8.23. The zero-order valence-corrected chi connectivity index (χ0v) is 14.1. The van der Waals surface area contributed by atoms with Crippen LogP contribution in [-0.2, 0) is 0 Å². The molecule has 20 heavy (non-hydrogen) atoms. The maximum Gasteiger partial charge on any atom is 0.0406 e. The van der Waals surface area contributed by atoms with E-state index >= 15 is 0 Å². The summed E-state index contributed by atoms with van der Waals surface area (Å²) in [6, 6.07) is 9.30. The summed E-state index contributed by atoms with van der Waals surface area (Å²) in [5.41, 5.74) is 1.33. The zero-order chi connectivity index (χ0) is 15.0. The van der Waals surface area contributed by atoms with Gasteiger partial charge in [-0.25, -0.2) is 0 Å². The molecule has 2 unspecified atom stereocenters. The lowest BCUT2D eigenvalue weighted by molar-refractivity contribution is 0.203. The fourth-order valence-electron chi connectivity index (χ4n) is 2.57. The van der Waals surface area contributed by atoms with E-state index in [4.69, 9.17) is 11.6 Å². The Balaban J connectivity index is 2.65. The van der Waals surface area contributed by atoms with Gasteiger partial charge in [-0.05, 0) is 50.6 Å². The van der Waals surface area contributed by atoms with E-state index in [0.717, 1.165) is 31.1 Å². The highest BCUT2D eigenvalue weighted by atomic mass is 35.5. The van der Waals surface area contributed by atoms with Crippen molar-refractivity contribution in [2.75, 3.05) is 19.6 Å². The quantitative estimate of drug-likeness (QED) is 0.722. The van der Waals surface area contributed by atoms with Crippen molar-refractivity contribution in [2.45, 2.75) is 52.6 Å². The topological polar surface area (TPSA) is 15.3 Å². The molecule has 1 aromatic rings. The van der Waals surface area contributed by atoms with Crippen LogP contribution in [0, 0.1) is 0 Å². The van der Waals surface area contributed by atoms with Gasteiger partial charge in [0.1, 0.15) is 0 Å². The van der Waals surface area contributed by atoms with Crippen LogP contribution in [0.4, 0.5) is 0 Å². The first-order chi connectivity index (χ1) is 9.62. The molecular formula is C17H29ClN2. The minimum absolute atomic E-state index is 0.412. The molecule has 0 bridgehead atoms. The second-order valence-electron chi connectivity index (χ2n) is 5.34. The fraction of sp³-hybridized carbons (Fsp3) is 0.647. The van der Waals surface area contributed by atoms with Gasteiger partial charge in [0.2, 0.25) is 0 Å². The van der Waals surface area contributed by atoms with Gasteiger partial charge < -0.3 is 10.2 Å². The Hall–Kier alpha value is -0.570. The molecular weight excluding hydrogens is 268 g/mol. The van der Waals surface area contributed by atoms with Crippen molar-refractivity contribution in [3.8, 4) is 0 Å². The number of hydrogen-bond acceptors (Lipinski definition) is 2. The molecule has 0 aliphatic rings. The van der Waals surface area contributed by atoms with Crippen LogP contribution in [-0.4, -0.2) is 30.6 Å². The maximum atomic E-state index is 5.98. The highest BCUT2D eigenvalue weighted by Gasteiger charge is 2.15. The predicted octanol–water partition coefficient (Wildman–Crippen LogP) is 4.50. The third-order valence-electron chi connectivity index (χ3n) is 4.05. The Morgan fingerprint density at radius 3 is 2.30 bits per heavy atom. The number of nitrogens with one attached hydrogen (secondary N) is 1. The van der Waals surface area contributed by atoms with Crippen LogP contribution in [0.5, 0.6) is 0 Å². The minimum Gasteiger partial charge on any atom is -0.310 e. The standard InChI is InChI=1S/C17H29ClN2/c1-5-14(4)20(7-3)13-12-17(19-6-2)15-8-10-16(18)11-9-15/h8-11,14,17,19H,5-7,12-13H2,1-4H3. The SMILES string of the molecule is CCNC(CCN(CC)C(C)CC)c1ccc(Cl)cc1. The summed E-state index contributed by atoms with van der Waals surface area (Å²) < 4.78 is 0. The molecule has 1 aromatic carbocycles. The van der Waals surface area contributed by atoms with Crippen LogP contribution in [0.15, 0.2) is 24.3 Å². The first kappa shape index (κ1) is 17.5. The Bertz CT molecular complexity index is 364. The summed E-state index contributed by atoms with van der Waals surface area (Å²) in [5, 5.41) is 4.39. The normalized spacial score (nSPS) is 14.5. The van der Waals surface area contributed by atoms with E-state index < -0.39 is 0 Å². The molecule has 2 nitrogen and oxygen atoms in total. The number of rotatable bonds is 9. The summed E-state index contributed by atoms with van der Waals surface area (Å²) in [5.74, 6) is 0. The molecule has 1 N–H and O–H groups in total. The van der Waals surface area contributed by atoms with Crippen LogP contribution >= 0.6 is 11.6 Å². The lowest BCUT2D eigenvalue weighted by atomic mass is 10.0. The molecule has 0 heterocycles. The van der Waals surface area contributed by atoms with Crippen LogP contribution in [0.3, 0.4) is 0 Å². The zero-order valence-electron chi connectivity index (χ0n) is 13.3. The van der Waals surface area contributed by atoms with Gasteiger partial charge in [0.05, 0.1) is 0 Å². The van der Waals surface area contributed by atoms with E-state index in [2.05, 4.69) is 50.0 Å². The molecule has 3 heteroatoms. The smallest absolute Gasteiger partial charge is 0.0406 e. The van der Waals surface area contributed by atoms with Gasteiger partial charge in [-0.1, -0.05) is 44.5 Å². The van der Waals surface area contributed by atoms with Gasteiger partial charge in [-0.15, -0.1) is 0 Å². The first-order valence-electron chi connectivity index (χ1n) is 7.85. The highest BCUT2D eigenvalue weighted by molar-refractivity contribution is 6.30. The van der Waals surface area contributed by atoms with Crippen molar-refractivity contribution in [3.05, 3.63) is 34.9 Å². The van der Waals surface area contributed by atoms with Gasteiger partial charge >= 0.3 is 0 Å². The maximum absolute atomic E-state index is 5.98. The Morgan fingerprint density at radius 1 is 1.15 bits per heavy atom. The van der Waals surface area contributed by atoms with Gasteiger partial charge in [-0.2, -0.15) is 0 Å². The molecule has 0 aliphatic carbocycles. The summed E-state index contributed by atoms with van der Waals surface area (Å²) in [6.07, 6.45) is 2.34. The highest BCUT2D eigenvalue weighted by Crippen LogP contribution is 2.20. The molecule has 1 rings (SSSR count). The Kier molecular flexibility index (Phi) is 8.20. The lowest BCUT2D eigenvalue weighted by Gasteiger charge is -2.29. The molecule has 114 valence electrons. The Labute approximate surface area is 129 Å². The third kappa shape index (κ3) is 5.43. The van der Waals surface area contributed by atoms with Crippen molar-refractivity contribution < 1.29 is 0 Å². The second kappa shape index (κ2) is 9.38. The van der Waals surface area contributed by atoms with Gasteiger partial charge in [0, 0.05) is 23.7 Å². The molecule has 0 aliphatic heterocycles. The lowest BCUT2D eigenvalue weighted by Crippen LogP contribution is -2.35. The van der Waals surface area contributed by atoms with Crippen molar-refractivity contribution in [1.29, 1.82) is 0 Å². The van der Waals surface area contributed by atoms with Crippen LogP contribution in [0.2, 0.25) is 5.02 Å². The van der Waals surface area contributed by atoms with Crippen LogP contribution in [0.1, 0.15) is 52.1 Å². The molecule has 0 saturated carbocycles. The number of benzene rings is 1. The van der Waals surface area contributed by atoms with Crippen molar-refractivity contribution in [3.63, 3.8) is 0 Å². The van der Waals surface area contributed by atoms with Crippen molar-refractivity contribution in [1.82, 2.24) is 10.2 Å². The van der Waals surface area contributed by atoms with Crippen LogP contribution < -0.4 is 5.32 Å². The van der Waals surface area contributed by atoms with Crippen molar-refractivity contribution >= 4 is 11.6 Å². The molecule has 0 amide bonds. The molecule has 2 atom stereocenters. The predicted molar refractivity (Wildman–Crippen MR) is 89.5 cm³/mol. The summed E-state index contributed by atoms with van der Waals surface area (Å²) in [7, 11) is 0. The van der Waals surface area contributed by atoms with Crippen LogP contribution in [0.25, 0.3) is 0 Å². The second-order valence-corrected chi connectivity index (χ2v) is 5.77. The fourth-order valence-corrected chi connectivity index (χ4v) is 2.70. The monoisotopic (exact) mass is 296 g/mol. The average molecular weight is 297 g/mol. The van der Waals surface area contributed by atoms with E-state index in [0.29, 0.717) is 12.1 Å². The summed E-state index contributed by atoms with van der Waals surface area (Å²) >= 11 is 5.98. The minimum atomic E-state index is 0.412. The average Bonchev–Trinajstić information content (AvgIpc) is 2.47. The Morgan fingerprint density at radius 2 is 1.80 bits per heavy atom. The van der Waals surface area contributed by atoms with E-state index in [9.17, 15) is 0 Å². The number of hydrogen-bond donors (Lipinski definition) is 1. The summed E-state index contributed by atoms with van der Waals surface area (Å²) in [6.45, 7) is 12.2.